The molecule has 0 atom stereocenters. The molecule has 37 heavy (non-hydrogen) atoms. The molecule has 0 unspecified atom stereocenters. The number of nitrogens with one attached hydrogen (secondary N) is 2. The Bertz CT molecular complexity index is 1170. The predicted octanol–water partition coefficient (Wildman–Crippen LogP) is 4.55. The minimum Gasteiger partial charge on any atom is -0.355 e. The molecule has 200 valence electrons. The van der Waals surface area contributed by atoms with Crippen molar-refractivity contribution < 1.29 is 23.5 Å². The van der Waals surface area contributed by atoms with Crippen LogP contribution in [0.2, 0.25) is 5.02 Å². The summed E-state index contributed by atoms with van der Waals surface area (Å²) in [6.45, 7) is 10.9. The van der Waals surface area contributed by atoms with Gasteiger partial charge in [0.05, 0.1) is 34.9 Å². The zero-order valence-corrected chi connectivity index (χ0v) is 22.7. The van der Waals surface area contributed by atoms with Crippen molar-refractivity contribution in [3.05, 3.63) is 63.9 Å². The van der Waals surface area contributed by atoms with Crippen molar-refractivity contribution in [2.75, 3.05) is 45.2 Å². The van der Waals surface area contributed by atoms with Crippen LogP contribution in [0.25, 0.3) is 0 Å². The van der Waals surface area contributed by atoms with Gasteiger partial charge in [0.1, 0.15) is 5.82 Å². The molecule has 0 bridgehead atoms. The van der Waals surface area contributed by atoms with E-state index in [1.807, 2.05) is 38.1 Å². The summed E-state index contributed by atoms with van der Waals surface area (Å²) in [4.78, 5) is 28.7. The third-order valence-electron chi connectivity index (χ3n) is 7.15. The standard InChI is InChI=1S/C28H35ClFN3O4/c1-17(2)19-8-6-7-9-21(19)28(15-33(16-28)12-18-13-36-27(3,4)37-14-18)26(35)32-24-11-23(30)22(29)10-20(24)25(34)31-5/h6-11,17-18H,12-16H2,1-5H3,(H,31,34)(H,32,35). The number of likely N-dealkylation sites (tertiary alicyclic amines) is 1. The number of hydrogen-bond donors (Lipinski definition) is 2. The number of nitrogens with zero attached hydrogens (tertiary/aromatic N) is 1. The van der Waals surface area contributed by atoms with Gasteiger partial charge >= 0.3 is 0 Å². The van der Waals surface area contributed by atoms with Gasteiger partial charge in [-0.3, -0.25) is 14.5 Å². The van der Waals surface area contributed by atoms with Gasteiger partial charge in [-0.15, -0.1) is 0 Å². The maximum atomic E-state index is 14.4. The van der Waals surface area contributed by atoms with Crippen molar-refractivity contribution in [3.63, 3.8) is 0 Å². The Hall–Kier alpha value is -2.52. The van der Waals surface area contributed by atoms with Crippen molar-refractivity contribution in [1.29, 1.82) is 0 Å². The normalized spacial score (nSPS) is 19.4. The average Bonchev–Trinajstić information content (AvgIpc) is 2.83. The third kappa shape index (κ3) is 5.67. The van der Waals surface area contributed by atoms with E-state index in [0.717, 1.165) is 23.7 Å². The highest BCUT2D eigenvalue weighted by molar-refractivity contribution is 6.31. The quantitative estimate of drug-likeness (QED) is 0.548. The van der Waals surface area contributed by atoms with Crippen molar-refractivity contribution in [2.45, 2.75) is 44.8 Å². The van der Waals surface area contributed by atoms with Gasteiger partial charge in [0.2, 0.25) is 5.91 Å². The van der Waals surface area contributed by atoms with Gasteiger partial charge < -0.3 is 20.1 Å². The summed E-state index contributed by atoms with van der Waals surface area (Å²) in [5.74, 6) is -1.66. The van der Waals surface area contributed by atoms with Crippen LogP contribution in [0.1, 0.15) is 55.1 Å². The van der Waals surface area contributed by atoms with E-state index < -0.39 is 22.9 Å². The SMILES string of the molecule is CNC(=O)c1cc(Cl)c(F)cc1NC(=O)C1(c2ccccc2C(C)C)CN(CC2COC(C)(C)OC2)C1. The fourth-order valence-electron chi connectivity index (χ4n) is 5.13. The first-order valence-electron chi connectivity index (χ1n) is 12.6. The maximum Gasteiger partial charge on any atom is 0.253 e. The maximum absolute atomic E-state index is 14.4. The largest absolute Gasteiger partial charge is 0.355 e. The molecule has 0 saturated carbocycles. The average molecular weight is 532 g/mol. The Morgan fingerprint density at radius 2 is 1.81 bits per heavy atom. The van der Waals surface area contributed by atoms with E-state index in [1.54, 1.807) is 0 Å². The van der Waals surface area contributed by atoms with E-state index >= 15 is 0 Å². The summed E-state index contributed by atoms with van der Waals surface area (Å²) in [5.41, 5.74) is 1.34. The van der Waals surface area contributed by atoms with E-state index in [9.17, 15) is 14.0 Å². The molecular formula is C28H35ClFN3O4. The van der Waals surface area contributed by atoms with Crippen LogP contribution >= 0.6 is 11.6 Å². The zero-order valence-electron chi connectivity index (χ0n) is 22.0. The topological polar surface area (TPSA) is 79.9 Å². The van der Waals surface area contributed by atoms with Crippen LogP contribution in [0.15, 0.2) is 36.4 Å². The number of carbonyl (C=O) groups is 2. The van der Waals surface area contributed by atoms with Gasteiger partial charge in [0, 0.05) is 32.6 Å². The first kappa shape index (κ1) is 27.5. The summed E-state index contributed by atoms with van der Waals surface area (Å²) in [7, 11) is 1.47. The number of halogens is 2. The molecule has 0 radical (unpaired) electrons. The summed E-state index contributed by atoms with van der Waals surface area (Å²) in [5, 5.41) is 5.19. The Kier molecular flexibility index (Phi) is 7.95. The second-order valence-electron chi connectivity index (χ2n) is 10.7. The molecule has 2 aliphatic heterocycles. The van der Waals surface area contributed by atoms with Gasteiger partial charge in [-0.2, -0.15) is 0 Å². The molecule has 2 heterocycles. The van der Waals surface area contributed by atoms with E-state index in [-0.39, 0.29) is 34.0 Å². The second kappa shape index (κ2) is 10.7. The van der Waals surface area contributed by atoms with Crippen LogP contribution in [0.4, 0.5) is 10.1 Å². The molecule has 4 rings (SSSR count). The van der Waals surface area contributed by atoms with E-state index in [2.05, 4.69) is 29.4 Å². The molecule has 2 saturated heterocycles. The Balaban J connectivity index is 1.63. The highest BCUT2D eigenvalue weighted by Gasteiger charge is 2.52. The van der Waals surface area contributed by atoms with E-state index in [4.69, 9.17) is 21.1 Å². The molecule has 0 aliphatic carbocycles. The Morgan fingerprint density at radius 1 is 1.16 bits per heavy atom. The highest BCUT2D eigenvalue weighted by atomic mass is 35.5. The summed E-state index contributed by atoms with van der Waals surface area (Å²) in [6.07, 6.45) is 0. The monoisotopic (exact) mass is 531 g/mol. The smallest absolute Gasteiger partial charge is 0.253 e. The Morgan fingerprint density at radius 3 is 2.43 bits per heavy atom. The summed E-state index contributed by atoms with van der Waals surface area (Å²) >= 11 is 5.94. The number of ether oxygens (including phenoxy) is 2. The molecular weight excluding hydrogens is 497 g/mol. The van der Waals surface area contributed by atoms with Crippen molar-refractivity contribution in [2.24, 2.45) is 5.92 Å². The minimum absolute atomic E-state index is 0.0856. The molecule has 9 heteroatoms. The number of anilines is 1. The fourth-order valence-corrected chi connectivity index (χ4v) is 5.29. The molecule has 2 aromatic rings. The van der Waals surface area contributed by atoms with Crippen molar-refractivity contribution in [1.82, 2.24) is 10.2 Å². The molecule has 7 nitrogen and oxygen atoms in total. The van der Waals surface area contributed by atoms with Crippen LogP contribution in [-0.4, -0.2) is 62.4 Å². The lowest BCUT2D eigenvalue weighted by molar-refractivity contribution is -0.264. The highest BCUT2D eigenvalue weighted by Crippen LogP contribution is 2.41. The van der Waals surface area contributed by atoms with Crippen LogP contribution in [0.3, 0.4) is 0 Å². The molecule has 0 spiro atoms. The number of amides is 2. The van der Waals surface area contributed by atoms with E-state index in [1.165, 1.54) is 13.1 Å². The van der Waals surface area contributed by atoms with Crippen molar-refractivity contribution >= 4 is 29.1 Å². The van der Waals surface area contributed by atoms with Crippen LogP contribution in [-0.2, 0) is 19.7 Å². The Labute approximate surface area is 222 Å². The van der Waals surface area contributed by atoms with Crippen LogP contribution in [0.5, 0.6) is 0 Å². The first-order valence-corrected chi connectivity index (χ1v) is 13.0. The first-order chi connectivity index (χ1) is 17.5. The van der Waals surface area contributed by atoms with Gasteiger partial charge in [-0.1, -0.05) is 49.7 Å². The molecule has 2 N–H and O–H groups in total. The number of carbonyl (C=O) groups excluding carboxylic acids is 2. The molecule has 2 aliphatic rings. The lowest BCUT2D eigenvalue weighted by atomic mass is 9.69. The number of hydrogen-bond acceptors (Lipinski definition) is 5. The number of rotatable bonds is 7. The van der Waals surface area contributed by atoms with Crippen molar-refractivity contribution in [3.8, 4) is 0 Å². The summed E-state index contributed by atoms with van der Waals surface area (Å²) < 4.78 is 26.0. The lowest BCUT2D eigenvalue weighted by Crippen LogP contribution is -2.66. The second-order valence-corrected chi connectivity index (χ2v) is 11.1. The predicted molar refractivity (Wildman–Crippen MR) is 142 cm³/mol. The van der Waals surface area contributed by atoms with Crippen LogP contribution < -0.4 is 10.6 Å². The zero-order chi connectivity index (χ0) is 27.0. The van der Waals surface area contributed by atoms with Gasteiger partial charge in [0.15, 0.2) is 5.79 Å². The van der Waals surface area contributed by atoms with Gasteiger partial charge in [-0.05, 0) is 43.0 Å². The summed E-state index contributed by atoms with van der Waals surface area (Å²) in [6, 6.07) is 10.3. The molecule has 0 aromatic heterocycles. The van der Waals surface area contributed by atoms with E-state index in [0.29, 0.717) is 26.3 Å². The third-order valence-corrected chi connectivity index (χ3v) is 7.44. The number of benzene rings is 2. The molecule has 2 amide bonds. The minimum atomic E-state index is -0.868. The van der Waals surface area contributed by atoms with Gasteiger partial charge in [0.25, 0.3) is 5.91 Å². The molecule has 2 fully saturated rings. The lowest BCUT2D eigenvalue weighted by Gasteiger charge is -2.51. The van der Waals surface area contributed by atoms with Crippen LogP contribution in [0, 0.1) is 11.7 Å². The van der Waals surface area contributed by atoms with Gasteiger partial charge in [-0.25, -0.2) is 4.39 Å². The fraction of sp³-hybridized carbons (Fsp3) is 0.500. The molecule has 2 aromatic carbocycles.